The molecule has 1 heterocycles. The summed E-state index contributed by atoms with van der Waals surface area (Å²) in [5.74, 6) is 0.0560. The first kappa shape index (κ1) is 15.4. The van der Waals surface area contributed by atoms with Crippen molar-refractivity contribution in [2.24, 2.45) is 0 Å². The van der Waals surface area contributed by atoms with Gasteiger partial charge in [-0.05, 0) is 31.0 Å². The minimum absolute atomic E-state index is 0.0495. The average Bonchev–Trinajstić information content (AvgIpc) is 2.44. The number of phenolic OH excluding ortho intramolecular Hbond substituents is 1. The third-order valence-electron chi connectivity index (χ3n) is 4.04. The van der Waals surface area contributed by atoms with E-state index in [1.165, 1.54) is 0 Å². The number of nitrogens with one attached hydrogen (secondary N) is 1. The Bertz CT molecular complexity index is 527. The highest BCUT2D eigenvalue weighted by molar-refractivity contribution is 5.92. The molecule has 1 aromatic rings. The van der Waals surface area contributed by atoms with Crippen LogP contribution in [-0.4, -0.2) is 40.4 Å². The topological polar surface area (TPSA) is 69.6 Å². The summed E-state index contributed by atoms with van der Waals surface area (Å²) in [7, 11) is 0. The van der Waals surface area contributed by atoms with E-state index in [1.54, 1.807) is 29.2 Å². The summed E-state index contributed by atoms with van der Waals surface area (Å²) in [5, 5.41) is 12.1. The average molecular weight is 290 g/mol. The van der Waals surface area contributed by atoms with Crippen LogP contribution in [0.1, 0.15) is 32.3 Å². The number of hydrogen-bond donors (Lipinski definition) is 2. The largest absolute Gasteiger partial charge is 0.508 e. The fourth-order valence-corrected chi connectivity index (χ4v) is 2.86. The van der Waals surface area contributed by atoms with Crippen molar-refractivity contribution >= 4 is 11.8 Å². The molecule has 1 saturated heterocycles. The number of carbonyl (C=O) groups excluding carboxylic acids is 2. The molecule has 0 aliphatic carbocycles. The standard InChI is InChI=1S/C16H22N2O3/c1-3-8-16(2)15(21)17-9-10-18(16)14(20)11-12-4-6-13(19)7-5-12/h4-7,19H,3,8-11H2,1-2H3,(H,17,21)/t16-/m1/s1. The van der Waals surface area contributed by atoms with Crippen LogP contribution in [0, 0.1) is 0 Å². The van der Waals surface area contributed by atoms with Gasteiger partial charge in [-0.1, -0.05) is 25.5 Å². The van der Waals surface area contributed by atoms with E-state index < -0.39 is 5.54 Å². The van der Waals surface area contributed by atoms with Gasteiger partial charge in [-0.15, -0.1) is 0 Å². The number of rotatable bonds is 4. The van der Waals surface area contributed by atoms with Crippen LogP contribution in [0.2, 0.25) is 0 Å². The number of phenols is 1. The van der Waals surface area contributed by atoms with Gasteiger partial charge in [0.05, 0.1) is 6.42 Å². The lowest BCUT2D eigenvalue weighted by Gasteiger charge is -2.43. The van der Waals surface area contributed by atoms with Crippen molar-refractivity contribution in [2.45, 2.75) is 38.6 Å². The molecule has 1 fully saturated rings. The van der Waals surface area contributed by atoms with E-state index in [0.717, 1.165) is 12.0 Å². The molecule has 2 amide bonds. The van der Waals surface area contributed by atoms with Crippen LogP contribution in [0.5, 0.6) is 5.75 Å². The first-order valence-corrected chi connectivity index (χ1v) is 7.34. The van der Waals surface area contributed by atoms with Crippen LogP contribution in [-0.2, 0) is 16.0 Å². The predicted molar refractivity (Wildman–Crippen MR) is 79.8 cm³/mol. The zero-order valence-corrected chi connectivity index (χ0v) is 12.6. The smallest absolute Gasteiger partial charge is 0.245 e. The molecule has 5 nitrogen and oxygen atoms in total. The van der Waals surface area contributed by atoms with Crippen molar-refractivity contribution in [3.8, 4) is 5.75 Å². The van der Waals surface area contributed by atoms with Gasteiger partial charge in [0.1, 0.15) is 11.3 Å². The number of aromatic hydroxyl groups is 1. The number of nitrogens with zero attached hydrogens (tertiary/aromatic N) is 1. The second kappa shape index (κ2) is 6.16. The van der Waals surface area contributed by atoms with Crippen molar-refractivity contribution in [3.63, 3.8) is 0 Å². The maximum atomic E-state index is 12.6. The van der Waals surface area contributed by atoms with E-state index in [2.05, 4.69) is 5.32 Å². The van der Waals surface area contributed by atoms with Crippen LogP contribution in [0.25, 0.3) is 0 Å². The van der Waals surface area contributed by atoms with Gasteiger partial charge in [0.15, 0.2) is 0 Å². The Morgan fingerprint density at radius 3 is 2.67 bits per heavy atom. The molecule has 0 saturated carbocycles. The van der Waals surface area contributed by atoms with Crippen molar-refractivity contribution in [1.29, 1.82) is 0 Å². The monoisotopic (exact) mass is 290 g/mol. The molecule has 1 atom stereocenters. The molecule has 5 heteroatoms. The maximum Gasteiger partial charge on any atom is 0.245 e. The van der Waals surface area contributed by atoms with E-state index in [1.807, 2.05) is 13.8 Å². The summed E-state index contributed by atoms with van der Waals surface area (Å²) in [6.07, 6.45) is 1.74. The number of amides is 2. The first-order chi connectivity index (χ1) is 9.97. The normalized spacial score (nSPS) is 22.0. The Morgan fingerprint density at radius 2 is 2.05 bits per heavy atom. The van der Waals surface area contributed by atoms with Gasteiger partial charge in [-0.2, -0.15) is 0 Å². The Kier molecular flexibility index (Phi) is 4.50. The van der Waals surface area contributed by atoms with Crippen molar-refractivity contribution < 1.29 is 14.7 Å². The molecule has 2 N–H and O–H groups in total. The van der Waals surface area contributed by atoms with E-state index in [9.17, 15) is 14.7 Å². The van der Waals surface area contributed by atoms with Gasteiger partial charge < -0.3 is 15.3 Å². The first-order valence-electron chi connectivity index (χ1n) is 7.34. The maximum absolute atomic E-state index is 12.6. The van der Waals surface area contributed by atoms with E-state index in [-0.39, 0.29) is 24.0 Å². The number of benzene rings is 1. The molecule has 0 unspecified atom stereocenters. The minimum Gasteiger partial charge on any atom is -0.508 e. The van der Waals surface area contributed by atoms with E-state index in [4.69, 9.17) is 0 Å². The summed E-state index contributed by atoms with van der Waals surface area (Å²) in [5.41, 5.74) is 0.0729. The van der Waals surface area contributed by atoms with E-state index in [0.29, 0.717) is 19.5 Å². The lowest BCUT2D eigenvalue weighted by molar-refractivity contribution is -0.150. The SMILES string of the molecule is CCC[C@]1(C)C(=O)NCCN1C(=O)Cc1ccc(O)cc1. The zero-order chi connectivity index (χ0) is 15.5. The van der Waals surface area contributed by atoms with Gasteiger partial charge in [-0.25, -0.2) is 0 Å². The van der Waals surface area contributed by atoms with Gasteiger partial charge in [-0.3, -0.25) is 9.59 Å². The van der Waals surface area contributed by atoms with Crippen molar-refractivity contribution in [3.05, 3.63) is 29.8 Å². The van der Waals surface area contributed by atoms with Gasteiger partial charge in [0.2, 0.25) is 11.8 Å². The van der Waals surface area contributed by atoms with Crippen molar-refractivity contribution in [2.75, 3.05) is 13.1 Å². The molecule has 1 aliphatic rings. The van der Waals surface area contributed by atoms with Crippen molar-refractivity contribution in [1.82, 2.24) is 10.2 Å². The quantitative estimate of drug-likeness (QED) is 0.882. The molecule has 114 valence electrons. The molecule has 0 bridgehead atoms. The zero-order valence-electron chi connectivity index (χ0n) is 12.6. The fourth-order valence-electron chi connectivity index (χ4n) is 2.86. The lowest BCUT2D eigenvalue weighted by atomic mass is 9.90. The van der Waals surface area contributed by atoms with Crippen LogP contribution < -0.4 is 5.32 Å². The number of carbonyl (C=O) groups is 2. The molecule has 21 heavy (non-hydrogen) atoms. The summed E-state index contributed by atoms with van der Waals surface area (Å²) >= 11 is 0. The highest BCUT2D eigenvalue weighted by atomic mass is 16.3. The second-order valence-corrected chi connectivity index (χ2v) is 5.67. The Balaban J connectivity index is 2.15. The highest BCUT2D eigenvalue weighted by Gasteiger charge is 2.43. The third kappa shape index (κ3) is 3.17. The molecular weight excluding hydrogens is 268 g/mol. The molecule has 2 rings (SSSR count). The third-order valence-corrected chi connectivity index (χ3v) is 4.04. The molecule has 0 aromatic heterocycles. The summed E-state index contributed by atoms with van der Waals surface area (Å²) in [6, 6.07) is 6.59. The molecular formula is C16H22N2O3. The Hall–Kier alpha value is -2.04. The second-order valence-electron chi connectivity index (χ2n) is 5.67. The van der Waals surface area contributed by atoms with E-state index >= 15 is 0 Å². The lowest BCUT2D eigenvalue weighted by Crippen LogP contribution is -2.65. The van der Waals surface area contributed by atoms with Crippen LogP contribution in [0.3, 0.4) is 0 Å². The Morgan fingerprint density at radius 1 is 1.38 bits per heavy atom. The van der Waals surface area contributed by atoms with Gasteiger partial charge in [0.25, 0.3) is 0 Å². The molecule has 1 aliphatic heterocycles. The number of piperazine rings is 1. The molecule has 0 radical (unpaired) electrons. The predicted octanol–water partition coefficient (Wildman–Crippen LogP) is 1.45. The van der Waals surface area contributed by atoms with Crippen LogP contribution >= 0.6 is 0 Å². The molecule has 0 spiro atoms. The summed E-state index contributed by atoms with van der Waals surface area (Å²) in [6.45, 7) is 4.88. The van der Waals surface area contributed by atoms with Gasteiger partial charge in [0, 0.05) is 13.1 Å². The van der Waals surface area contributed by atoms with Crippen LogP contribution in [0.4, 0.5) is 0 Å². The van der Waals surface area contributed by atoms with Gasteiger partial charge >= 0.3 is 0 Å². The minimum atomic E-state index is -0.763. The summed E-state index contributed by atoms with van der Waals surface area (Å²) < 4.78 is 0. The number of hydrogen-bond acceptors (Lipinski definition) is 3. The molecule has 1 aromatic carbocycles. The summed E-state index contributed by atoms with van der Waals surface area (Å²) in [4.78, 5) is 26.4. The van der Waals surface area contributed by atoms with Crippen LogP contribution in [0.15, 0.2) is 24.3 Å². The highest BCUT2D eigenvalue weighted by Crippen LogP contribution is 2.25. The Labute approximate surface area is 125 Å². The fraction of sp³-hybridized carbons (Fsp3) is 0.500.